The van der Waals surface area contributed by atoms with Gasteiger partial charge >= 0.3 is 24.3 Å². The van der Waals surface area contributed by atoms with E-state index in [0.29, 0.717) is 12.8 Å². The number of alkyl carbamates (subject to hydrolysis) is 2. The molecule has 1 unspecified atom stereocenters. The molecular weight excluding hydrogens is 408 g/mol. The van der Waals surface area contributed by atoms with Gasteiger partial charge in [0.25, 0.3) is 0 Å². The standard InChI is InChI=1S/C21H30N2O8/c1-21(2,3)31-18(25)22-12-8-11-16(13-17(24)30-20(27)28-4)23-19(26)29-14-15-9-6-5-7-10-15/h5-7,9-10,16H,8,11-14H2,1-4H3,(H,22,25)(H,23,26). The summed E-state index contributed by atoms with van der Waals surface area (Å²) in [7, 11) is 1.08. The van der Waals surface area contributed by atoms with Crippen molar-refractivity contribution in [2.45, 2.75) is 58.3 Å². The second-order valence-corrected chi connectivity index (χ2v) is 7.61. The number of nitrogens with one attached hydrogen (secondary N) is 2. The summed E-state index contributed by atoms with van der Waals surface area (Å²) < 4.78 is 19.0. The second kappa shape index (κ2) is 13.1. The Morgan fingerprint density at radius 2 is 1.71 bits per heavy atom. The molecule has 0 aliphatic rings. The largest absolute Gasteiger partial charge is 0.515 e. The summed E-state index contributed by atoms with van der Waals surface area (Å²) >= 11 is 0. The highest BCUT2D eigenvalue weighted by Gasteiger charge is 2.21. The monoisotopic (exact) mass is 438 g/mol. The zero-order valence-electron chi connectivity index (χ0n) is 18.3. The van der Waals surface area contributed by atoms with E-state index in [1.165, 1.54) is 0 Å². The number of hydrogen-bond acceptors (Lipinski definition) is 8. The molecule has 1 aromatic carbocycles. The smallest absolute Gasteiger partial charge is 0.445 e. The minimum Gasteiger partial charge on any atom is -0.445 e. The second-order valence-electron chi connectivity index (χ2n) is 7.61. The van der Waals surface area contributed by atoms with Crippen molar-refractivity contribution in [3.63, 3.8) is 0 Å². The number of methoxy groups -OCH3 is 1. The normalized spacial score (nSPS) is 11.6. The molecule has 0 fully saturated rings. The molecule has 0 aliphatic heterocycles. The van der Waals surface area contributed by atoms with Crippen LogP contribution in [0.5, 0.6) is 0 Å². The van der Waals surface area contributed by atoms with Gasteiger partial charge in [-0.15, -0.1) is 0 Å². The highest BCUT2D eigenvalue weighted by Crippen LogP contribution is 2.08. The number of carbonyl (C=O) groups is 4. The lowest BCUT2D eigenvalue weighted by Gasteiger charge is -2.20. The van der Waals surface area contributed by atoms with Crippen LogP contribution in [-0.4, -0.2) is 49.6 Å². The van der Waals surface area contributed by atoms with Gasteiger partial charge in [0.05, 0.1) is 13.5 Å². The number of benzene rings is 1. The van der Waals surface area contributed by atoms with Gasteiger partial charge in [0.1, 0.15) is 12.2 Å². The Morgan fingerprint density at radius 3 is 2.32 bits per heavy atom. The molecule has 10 heteroatoms. The Labute approximate surface area is 181 Å². The first-order chi connectivity index (χ1) is 14.6. The predicted molar refractivity (Wildman–Crippen MR) is 110 cm³/mol. The van der Waals surface area contributed by atoms with E-state index in [2.05, 4.69) is 20.1 Å². The maximum Gasteiger partial charge on any atom is 0.515 e. The first kappa shape index (κ1) is 25.7. The number of amides is 2. The summed E-state index contributed by atoms with van der Waals surface area (Å²) in [6.07, 6.45) is -1.96. The number of esters is 1. The summed E-state index contributed by atoms with van der Waals surface area (Å²) in [5.74, 6) is -0.861. The SMILES string of the molecule is COC(=O)OC(=O)CC(CCCNC(=O)OC(C)(C)C)NC(=O)OCc1ccccc1. The molecule has 0 heterocycles. The lowest BCUT2D eigenvalue weighted by atomic mass is 10.1. The molecule has 0 bridgehead atoms. The van der Waals surface area contributed by atoms with Gasteiger partial charge < -0.3 is 29.6 Å². The van der Waals surface area contributed by atoms with E-state index in [-0.39, 0.29) is 19.6 Å². The average molecular weight is 438 g/mol. The maximum atomic E-state index is 12.1. The molecule has 0 saturated carbocycles. The van der Waals surface area contributed by atoms with E-state index >= 15 is 0 Å². The summed E-state index contributed by atoms with van der Waals surface area (Å²) in [5.41, 5.74) is 0.190. The Bertz CT molecular complexity index is 731. The van der Waals surface area contributed by atoms with Gasteiger partial charge in [-0.1, -0.05) is 30.3 Å². The topological polar surface area (TPSA) is 129 Å². The average Bonchev–Trinajstić information content (AvgIpc) is 2.68. The van der Waals surface area contributed by atoms with E-state index in [1.54, 1.807) is 32.9 Å². The number of rotatable bonds is 9. The fourth-order valence-corrected chi connectivity index (χ4v) is 2.39. The van der Waals surface area contributed by atoms with Crippen molar-refractivity contribution in [1.82, 2.24) is 10.6 Å². The molecule has 1 aromatic rings. The van der Waals surface area contributed by atoms with Gasteiger partial charge in [0, 0.05) is 12.6 Å². The lowest BCUT2D eigenvalue weighted by molar-refractivity contribution is -0.140. The van der Waals surface area contributed by atoms with Gasteiger partial charge in [0.15, 0.2) is 0 Å². The van der Waals surface area contributed by atoms with Crippen LogP contribution in [0.3, 0.4) is 0 Å². The third-order valence-corrected chi connectivity index (χ3v) is 3.71. The summed E-state index contributed by atoms with van der Waals surface area (Å²) in [4.78, 5) is 46.8. The quantitative estimate of drug-likeness (QED) is 0.260. The van der Waals surface area contributed by atoms with Crippen LogP contribution in [0.15, 0.2) is 30.3 Å². The zero-order chi connectivity index (χ0) is 23.3. The van der Waals surface area contributed by atoms with Crippen LogP contribution in [0.2, 0.25) is 0 Å². The molecule has 0 spiro atoms. The molecule has 0 radical (unpaired) electrons. The molecule has 172 valence electrons. The first-order valence-electron chi connectivity index (χ1n) is 9.81. The van der Waals surface area contributed by atoms with E-state index in [4.69, 9.17) is 9.47 Å². The van der Waals surface area contributed by atoms with E-state index in [9.17, 15) is 19.2 Å². The van der Waals surface area contributed by atoms with Gasteiger partial charge in [0.2, 0.25) is 0 Å². The van der Waals surface area contributed by atoms with Crippen molar-refractivity contribution in [2.24, 2.45) is 0 Å². The summed E-state index contributed by atoms with van der Waals surface area (Å²) in [6.45, 7) is 5.58. The van der Waals surface area contributed by atoms with Gasteiger partial charge in [-0.05, 0) is 39.2 Å². The maximum absolute atomic E-state index is 12.1. The number of ether oxygens (including phenoxy) is 4. The Kier molecular flexibility index (Phi) is 10.9. The third-order valence-electron chi connectivity index (χ3n) is 3.71. The van der Waals surface area contributed by atoms with E-state index in [1.807, 2.05) is 18.2 Å². The number of carbonyl (C=O) groups excluding carboxylic acids is 4. The first-order valence-corrected chi connectivity index (χ1v) is 9.81. The van der Waals surface area contributed by atoms with Gasteiger partial charge in [-0.2, -0.15) is 0 Å². The van der Waals surface area contributed by atoms with Crippen molar-refractivity contribution in [3.8, 4) is 0 Å². The molecule has 10 nitrogen and oxygen atoms in total. The fraction of sp³-hybridized carbons (Fsp3) is 0.524. The predicted octanol–water partition coefficient (Wildman–Crippen LogP) is 3.29. The highest BCUT2D eigenvalue weighted by atomic mass is 16.7. The van der Waals surface area contributed by atoms with Crippen LogP contribution < -0.4 is 10.6 Å². The Balaban J connectivity index is 2.53. The number of hydrogen-bond donors (Lipinski definition) is 2. The fourth-order valence-electron chi connectivity index (χ4n) is 2.39. The van der Waals surface area contributed by atoms with Crippen molar-refractivity contribution < 1.29 is 38.1 Å². The van der Waals surface area contributed by atoms with E-state index < -0.39 is 36.0 Å². The zero-order valence-corrected chi connectivity index (χ0v) is 18.3. The summed E-state index contributed by atoms with van der Waals surface area (Å²) in [6, 6.07) is 8.42. The molecule has 31 heavy (non-hydrogen) atoms. The summed E-state index contributed by atoms with van der Waals surface area (Å²) in [5, 5.41) is 5.17. The lowest BCUT2D eigenvalue weighted by Crippen LogP contribution is -2.38. The Morgan fingerprint density at radius 1 is 1.03 bits per heavy atom. The van der Waals surface area contributed by atoms with Crippen molar-refractivity contribution >= 4 is 24.3 Å². The molecule has 1 atom stereocenters. The molecule has 2 amide bonds. The van der Waals surface area contributed by atoms with Gasteiger partial charge in [-0.25, -0.2) is 14.4 Å². The minimum absolute atomic E-state index is 0.0617. The van der Waals surface area contributed by atoms with Crippen LogP contribution in [0.4, 0.5) is 14.4 Å². The van der Waals surface area contributed by atoms with Crippen LogP contribution in [0.1, 0.15) is 45.6 Å². The van der Waals surface area contributed by atoms with E-state index in [0.717, 1.165) is 12.7 Å². The van der Waals surface area contributed by atoms with Crippen molar-refractivity contribution in [3.05, 3.63) is 35.9 Å². The van der Waals surface area contributed by atoms with Crippen LogP contribution in [0, 0.1) is 0 Å². The molecule has 1 rings (SSSR count). The molecule has 2 N–H and O–H groups in total. The minimum atomic E-state index is -1.14. The molecular formula is C21H30N2O8. The van der Waals surface area contributed by atoms with Gasteiger partial charge in [-0.3, -0.25) is 4.79 Å². The highest BCUT2D eigenvalue weighted by molar-refractivity contribution is 5.82. The van der Waals surface area contributed by atoms with Crippen LogP contribution in [-0.2, 0) is 30.3 Å². The van der Waals surface area contributed by atoms with Crippen LogP contribution >= 0.6 is 0 Å². The Hall–Kier alpha value is -3.30. The third kappa shape index (κ3) is 12.8. The molecule has 0 aromatic heterocycles. The van der Waals surface area contributed by atoms with Crippen molar-refractivity contribution in [1.29, 1.82) is 0 Å². The molecule has 0 saturated heterocycles. The van der Waals surface area contributed by atoms with Crippen molar-refractivity contribution in [2.75, 3.05) is 13.7 Å². The molecule has 0 aliphatic carbocycles. The van der Waals surface area contributed by atoms with Crippen LogP contribution in [0.25, 0.3) is 0 Å².